The van der Waals surface area contributed by atoms with Gasteiger partial charge in [-0.1, -0.05) is 30.1 Å². The molecule has 2 aromatic carbocycles. The predicted octanol–water partition coefficient (Wildman–Crippen LogP) is 2.91. The Morgan fingerprint density at radius 3 is 2.57 bits per heavy atom. The number of phenols is 1. The zero-order chi connectivity index (χ0) is 16.7. The van der Waals surface area contributed by atoms with Gasteiger partial charge in [-0.15, -0.1) is 0 Å². The van der Waals surface area contributed by atoms with Crippen molar-refractivity contribution in [2.75, 3.05) is 24.6 Å². The fraction of sp³-hybridized carbons (Fsp3) is 0.294. The Bertz CT molecular complexity index is 620. The third-order valence-corrected chi connectivity index (χ3v) is 3.87. The second kappa shape index (κ2) is 8.67. The van der Waals surface area contributed by atoms with Gasteiger partial charge in [-0.2, -0.15) is 0 Å². The Kier molecular flexibility index (Phi) is 6.58. The molecule has 124 valence electrons. The summed E-state index contributed by atoms with van der Waals surface area (Å²) in [5.74, 6) is 0.994. The van der Waals surface area contributed by atoms with Gasteiger partial charge in [-0.25, -0.2) is 0 Å². The van der Waals surface area contributed by atoms with E-state index in [0.717, 1.165) is 16.9 Å². The number of methoxy groups -OCH3 is 1. The first kappa shape index (κ1) is 17.5. The molecule has 0 aliphatic carbocycles. The molecule has 4 N–H and O–H groups in total. The number of benzene rings is 2. The molecule has 1 atom stereocenters. The lowest BCUT2D eigenvalue weighted by Crippen LogP contribution is -2.21. The maximum Gasteiger partial charge on any atom is 0.139 e. The highest BCUT2D eigenvalue weighted by Crippen LogP contribution is 2.28. The molecule has 0 bridgehead atoms. The average Bonchev–Trinajstić information content (AvgIpc) is 2.57. The molecule has 0 amide bonds. The van der Waals surface area contributed by atoms with E-state index in [2.05, 4.69) is 10.0 Å². The second-order valence-electron chi connectivity index (χ2n) is 5.08. The molecule has 0 saturated heterocycles. The van der Waals surface area contributed by atoms with Gasteiger partial charge in [0, 0.05) is 19.3 Å². The SMILES string of the molecule is COc1ccc(CNCC(O)c2ccc(O)c(NSC)c2)cc1. The molecule has 0 aliphatic rings. The Hall–Kier alpha value is -1.89. The zero-order valence-corrected chi connectivity index (χ0v) is 14.1. The van der Waals surface area contributed by atoms with Crippen molar-refractivity contribution in [1.82, 2.24) is 5.32 Å². The molecule has 0 aliphatic heterocycles. The molecule has 1 unspecified atom stereocenters. The van der Waals surface area contributed by atoms with E-state index in [9.17, 15) is 10.2 Å². The van der Waals surface area contributed by atoms with Crippen molar-refractivity contribution in [1.29, 1.82) is 0 Å². The van der Waals surface area contributed by atoms with Crippen LogP contribution in [0.4, 0.5) is 5.69 Å². The molecule has 0 fully saturated rings. The summed E-state index contributed by atoms with van der Waals surface area (Å²) >= 11 is 1.39. The van der Waals surface area contributed by atoms with Gasteiger partial charge in [0.2, 0.25) is 0 Å². The van der Waals surface area contributed by atoms with Gasteiger partial charge < -0.3 is 25.0 Å². The molecule has 2 aromatic rings. The Balaban J connectivity index is 1.88. The van der Waals surface area contributed by atoms with Crippen LogP contribution in [-0.2, 0) is 6.54 Å². The molecule has 6 heteroatoms. The van der Waals surface area contributed by atoms with Crippen molar-refractivity contribution < 1.29 is 14.9 Å². The summed E-state index contributed by atoms with van der Waals surface area (Å²) in [6.07, 6.45) is 1.23. The third kappa shape index (κ3) is 5.06. The van der Waals surface area contributed by atoms with Crippen LogP contribution in [0, 0.1) is 0 Å². The average molecular weight is 334 g/mol. The number of aromatic hydroxyl groups is 1. The number of hydrogen-bond acceptors (Lipinski definition) is 6. The van der Waals surface area contributed by atoms with E-state index in [1.807, 2.05) is 30.5 Å². The summed E-state index contributed by atoms with van der Waals surface area (Å²) in [6.45, 7) is 1.09. The van der Waals surface area contributed by atoms with Crippen LogP contribution in [0.25, 0.3) is 0 Å². The Morgan fingerprint density at radius 2 is 1.91 bits per heavy atom. The number of anilines is 1. The van der Waals surface area contributed by atoms with Crippen molar-refractivity contribution in [2.24, 2.45) is 0 Å². The lowest BCUT2D eigenvalue weighted by molar-refractivity contribution is 0.174. The highest BCUT2D eigenvalue weighted by atomic mass is 32.2. The standard InChI is InChI=1S/C17H22N2O3S/c1-22-14-6-3-12(4-7-14)10-18-11-17(21)13-5-8-16(20)15(9-13)19-23-2/h3-9,17-21H,10-11H2,1-2H3. The fourth-order valence-corrected chi connectivity index (χ4v) is 2.55. The van der Waals surface area contributed by atoms with Crippen molar-refractivity contribution in [3.8, 4) is 11.5 Å². The van der Waals surface area contributed by atoms with Crippen molar-refractivity contribution in [3.63, 3.8) is 0 Å². The van der Waals surface area contributed by atoms with E-state index in [4.69, 9.17) is 4.74 Å². The lowest BCUT2D eigenvalue weighted by Gasteiger charge is -2.14. The zero-order valence-electron chi connectivity index (χ0n) is 13.2. The Labute approximate surface area is 140 Å². The first-order chi connectivity index (χ1) is 11.1. The molecular formula is C17H22N2O3S. The second-order valence-corrected chi connectivity index (χ2v) is 5.69. The normalized spacial score (nSPS) is 12.0. The molecule has 0 saturated carbocycles. The molecule has 23 heavy (non-hydrogen) atoms. The third-order valence-electron chi connectivity index (χ3n) is 3.44. The highest BCUT2D eigenvalue weighted by molar-refractivity contribution is 7.99. The maximum atomic E-state index is 10.3. The molecule has 5 nitrogen and oxygen atoms in total. The van der Waals surface area contributed by atoms with Gasteiger partial charge in [0.05, 0.1) is 18.9 Å². The van der Waals surface area contributed by atoms with Gasteiger partial charge in [0.1, 0.15) is 11.5 Å². The number of ether oxygens (including phenoxy) is 1. The van der Waals surface area contributed by atoms with Crippen LogP contribution in [-0.4, -0.2) is 30.1 Å². The first-order valence-electron chi connectivity index (χ1n) is 7.27. The van der Waals surface area contributed by atoms with Gasteiger partial charge >= 0.3 is 0 Å². The summed E-state index contributed by atoms with van der Waals surface area (Å²) in [4.78, 5) is 0. The first-order valence-corrected chi connectivity index (χ1v) is 8.50. The van der Waals surface area contributed by atoms with E-state index in [1.54, 1.807) is 25.3 Å². The van der Waals surface area contributed by atoms with Crippen LogP contribution in [0.15, 0.2) is 42.5 Å². The van der Waals surface area contributed by atoms with Crippen LogP contribution in [0.2, 0.25) is 0 Å². The maximum absolute atomic E-state index is 10.3. The van der Waals surface area contributed by atoms with E-state index >= 15 is 0 Å². The van der Waals surface area contributed by atoms with Crippen LogP contribution in [0.5, 0.6) is 11.5 Å². The summed E-state index contributed by atoms with van der Waals surface area (Å²) in [5, 5.41) is 23.2. The topological polar surface area (TPSA) is 73.8 Å². The number of rotatable bonds is 8. The van der Waals surface area contributed by atoms with Gasteiger partial charge in [-0.3, -0.25) is 0 Å². The molecule has 0 heterocycles. The summed E-state index contributed by atoms with van der Waals surface area (Å²) in [6, 6.07) is 12.9. The van der Waals surface area contributed by atoms with Crippen LogP contribution in [0.1, 0.15) is 17.2 Å². The number of hydrogen-bond donors (Lipinski definition) is 4. The molecule has 2 rings (SSSR count). The number of phenolic OH excluding ortho intramolecular Hbond substituents is 1. The van der Waals surface area contributed by atoms with Crippen LogP contribution in [0.3, 0.4) is 0 Å². The summed E-state index contributed by atoms with van der Waals surface area (Å²) < 4.78 is 8.11. The van der Waals surface area contributed by atoms with Crippen molar-refractivity contribution in [3.05, 3.63) is 53.6 Å². The smallest absolute Gasteiger partial charge is 0.139 e. The van der Waals surface area contributed by atoms with Crippen LogP contribution < -0.4 is 14.8 Å². The summed E-state index contributed by atoms with van der Waals surface area (Å²) in [7, 11) is 1.64. The van der Waals surface area contributed by atoms with Crippen molar-refractivity contribution in [2.45, 2.75) is 12.6 Å². The van der Waals surface area contributed by atoms with E-state index < -0.39 is 6.10 Å². The highest BCUT2D eigenvalue weighted by Gasteiger charge is 2.10. The minimum atomic E-state index is -0.642. The van der Waals surface area contributed by atoms with E-state index in [0.29, 0.717) is 18.8 Å². The number of aliphatic hydroxyl groups excluding tert-OH is 1. The number of nitrogens with one attached hydrogen (secondary N) is 2. The minimum absolute atomic E-state index is 0.168. The van der Waals surface area contributed by atoms with Gasteiger partial charge in [0.25, 0.3) is 0 Å². The molecule has 0 aromatic heterocycles. The van der Waals surface area contributed by atoms with Gasteiger partial charge in [-0.05, 0) is 35.4 Å². The Morgan fingerprint density at radius 1 is 1.17 bits per heavy atom. The summed E-state index contributed by atoms with van der Waals surface area (Å²) in [5.41, 5.74) is 2.47. The minimum Gasteiger partial charge on any atom is -0.506 e. The molecular weight excluding hydrogens is 312 g/mol. The van der Waals surface area contributed by atoms with E-state index in [-0.39, 0.29) is 5.75 Å². The monoisotopic (exact) mass is 334 g/mol. The molecule has 0 spiro atoms. The predicted molar refractivity (Wildman–Crippen MR) is 94.9 cm³/mol. The number of aliphatic hydroxyl groups is 1. The quantitative estimate of drug-likeness (QED) is 0.439. The van der Waals surface area contributed by atoms with E-state index in [1.165, 1.54) is 11.9 Å². The van der Waals surface area contributed by atoms with Crippen LogP contribution >= 0.6 is 11.9 Å². The van der Waals surface area contributed by atoms with Crippen molar-refractivity contribution >= 4 is 17.6 Å². The fourth-order valence-electron chi connectivity index (χ4n) is 2.17. The lowest BCUT2D eigenvalue weighted by atomic mass is 10.1. The molecule has 0 radical (unpaired) electrons. The largest absolute Gasteiger partial charge is 0.506 e. The van der Waals surface area contributed by atoms with Gasteiger partial charge in [0.15, 0.2) is 0 Å².